The lowest BCUT2D eigenvalue weighted by Crippen LogP contribution is -2.32. The molecule has 0 bridgehead atoms. The third-order valence-electron chi connectivity index (χ3n) is 8.81. The van der Waals surface area contributed by atoms with Crippen LogP contribution in [0.2, 0.25) is 0 Å². The van der Waals surface area contributed by atoms with Crippen molar-refractivity contribution in [3.8, 4) is 0 Å². The predicted molar refractivity (Wildman–Crippen MR) is 183 cm³/mol. The van der Waals surface area contributed by atoms with Gasteiger partial charge >= 0.3 is 0 Å². The molecule has 256 valence electrons. The van der Waals surface area contributed by atoms with E-state index in [-0.39, 0.29) is 67.2 Å². The van der Waals surface area contributed by atoms with Crippen molar-refractivity contribution in [3.63, 3.8) is 0 Å². The van der Waals surface area contributed by atoms with Crippen molar-refractivity contribution in [2.75, 3.05) is 52.4 Å². The largest absolute Gasteiger partial charge is 0.304 e. The van der Waals surface area contributed by atoms with Crippen LogP contribution in [-0.2, 0) is 20.0 Å². The first-order chi connectivity index (χ1) is 22.9. The minimum atomic E-state index is -3.99. The van der Waals surface area contributed by atoms with Crippen molar-refractivity contribution < 1.29 is 26.4 Å². The van der Waals surface area contributed by atoms with Crippen molar-refractivity contribution in [1.82, 2.24) is 19.2 Å². The highest BCUT2D eigenvalue weighted by Crippen LogP contribution is 2.33. The molecular weight excluding hydrogens is 653 g/mol. The van der Waals surface area contributed by atoms with Crippen LogP contribution < -0.4 is 20.2 Å². The zero-order chi connectivity index (χ0) is 34.6. The molecule has 0 spiro atoms. The summed E-state index contributed by atoms with van der Waals surface area (Å²) in [6.45, 7) is 13.8. The monoisotopic (exact) mass is 694 g/mol. The van der Waals surface area contributed by atoms with Gasteiger partial charge in [-0.2, -0.15) is 0 Å². The molecule has 0 saturated carbocycles. The van der Waals surface area contributed by atoms with Gasteiger partial charge in [0.1, 0.15) is 4.90 Å². The van der Waals surface area contributed by atoms with E-state index in [1.54, 1.807) is 0 Å². The van der Waals surface area contributed by atoms with Gasteiger partial charge in [-0.05, 0) is 94.6 Å². The molecule has 5 rings (SSSR count). The van der Waals surface area contributed by atoms with Gasteiger partial charge in [-0.25, -0.2) is 36.3 Å². The normalized spacial score (nSPS) is 13.9. The van der Waals surface area contributed by atoms with Crippen LogP contribution in [0.5, 0.6) is 0 Å². The Morgan fingerprint density at radius 2 is 1.17 bits per heavy atom. The molecule has 0 unspecified atom stereocenters. The molecule has 0 aromatic heterocycles. The summed E-state index contributed by atoms with van der Waals surface area (Å²) in [4.78, 5) is 40.7. The van der Waals surface area contributed by atoms with Crippen LogP contribution in [0, 0.1) is 0 Å². The van der Waals surface area contributed by atoms with E-state index in [0.29, 0.717) is 12.8 Å². The molecule has 2 aliphatic heterocycles. The van der Waals surface area contributed by atoms with E-state index in [1.165, 1.54) is 48.5 Å². The number of nitrogens with one attached hydrogen (secondary N) is 2. The molecule has 2 heterocycles. The van der Waals surface area contributed by atoms with Crippen molar-refractivity contribution in [1.29, 1.82) is 0 Å². The molecule has 0 saturated heterocycles. The lowest BCUT2D eigenvalue weighted by atomic mass is 9.93. The Kier molecular flexibility index (Phi) is 11.0. The summed E-state index contributed by atoms with van der Waals surface area (Å²) in [6, 6.07) is 11.5. The van der Waals surface area contributed by atoms with Crippen molar-refractivity contribution in [2.45, 2.75) is 50.3 Å². The van der Waals surface area contributed by atoms with Crippen LogP contribution in [0.25, 0.3) is 0 Å². The SMILES string of the molecule is CCN(CC)CCCNS(=O)(=O)c1ccc2c(c1)N=c1cc3c(cc1C2=O)=Nc1c(cccc1S(=O)(=O)NCCCN(CC)CC)C3=O. The number of nitrogens with zero attached hydrogens (tertiary/aromatic N) is 4. The molecule has 3 aromatic carbocycles. The quantitative estimate of drug-likeness (QED) is 0.149. The minimum absolute atomic E-state index is 0.0162. The van der Waals surface area contributed by atoms with Gasteiger partial charge in [-0.3, -0.25) is 9.59 Å². The molecule has 0 atom stereocenters. The number of carbonyl (C=O) groups is 2. The fourth-order valence-electron chi connectivity index (χ4n) is 5.93. The van der Waals surface area contributed by atoms with Crippen LogP contribution in [0.4, 0.5) is 11.4 Å². The number of carbonyl (C=O) groups excluding carboxylic acids is 2. The first-order valence-corrected chi connectivity index (χ1v) is 19.3. The Balaban J connectivity index is 1.44. The van der Waals surface area contributed by atoms with Crippen LogP contribution in [0.3, 0.4) is 0 Å². The van der Waals surface area contributed by atoms with E-state index in [1.807, 2.05) is 0 Å². The standard InChI is InChI=1S/C34H42N6O6S2/c1-5-39(6-2)18-10-16-35-47(43,44)23-14-15-24-28(20-23)37-29-21-27-30(22-26(29)33(24)41)38-32-25(34(27)42)12-9-13-31(32)48(45,46)36-17-11-19-40(7-3)8-4/h9,12-15,20-22,35-36H,5-8,10-11,16-19H2,1-4H3. The molecule has 48 heavy (non-hydrogen) atoms. The smallest absolute Gasteiger partial charge is 0.242 e. The Labute approximate surface area is 282 Å². The van der Waals surface area contributed by atoms with Crippen LogP contribution >= 0.6 is 0 Å². The molecule has 0 aliphatic carbocycles. The van der Waals surface area contributed by atoms with Gasteiger partial charge in [0.15, 0.2) is 11.6 Å². The fourth-order valence-corrected chi connectivity index (χ4v) is 8.26. The van der Waals surface area contributed by atoms with E-state index in [0.717, 1.165) is 39.3 Å². The van der Waals surface area contributed by atoms with E-state index in [2.05, 4.69) is 56.9 Å². The number of fused-ring (bicyclic) bond motifs is 4. The Morgan fingerprint density at radius 1 is 0.625 bits per heavy atom. The van der Waals surface area contributed by atoms with Gasteiger partial charge in [0.05, 0.1) is 38.1 Å². The summed E-state index contributed by atoms with van der Waals surface area (Å²) in [5, 5.41) is 0.370. The second-order valence-corrected chi connectivity index (χ2v) is 15.2. The third kappa shape index (κ3) is 7.33. The average Bonchev–Trinajstić information content (AvgIpc) is 3.07. The van der Waals surface area contributed by atoms with Crippen molar-refractivity contribution in [2.24, 2.45) is 9.98 Å². The van der Waals surface area contributed by atoms with Gasteiger partial charge < -0.3 is 9.80 Å². The summed E-state index contributed by atoms with van der Waals surface area (Å²) in [6.07, 6.45) is 1.27. The van der Waals surface area contributed by atoms with E-state index in [4.69, 9.17) is 0 Å². The van der Waals surface area contributed by atoms with E-state index in [9.17, 15) is 26.4 Å². The molecule has 14 heteroatoms. The van der Waals surface area contributed by atoms with Crippen molar-refractivity contribution >= 4 is 43.0 Å². The van der Waals surface area contributed by atoms with Gasteiger partial charge in [0.2, 0.25) is 20.0 Å². The Hall–Kier alpha value is -3.66. The van der Waals surface area contributed by atoms with Gasteiger partial charge in [0, 0.05) is 24.2 Å². The van der Waals surface area contributed by atoms with Crippen LogP contribution in [-0.4, -0.2) is 90.6 Å². The predicted octanol–water partition coefficient (Wildman–Crippen LogP) is 2.70. The Morgan fingerprint density at radius 3 is 1.75 bits per heavy atom. The molecule has 3 aromatic rings. The highest BCUT2D eigenvalue weighted by atomic mass is 32.2. The maximum absolute atomic E-state index is 13.7. The third-order valence-corrected chi connectivity index (χ3v) is 11.8. The zero-order valence-electron chi connectivity index (χ0n) is 27.7. The van der Waals surface area contributed by atoms with Gasteiger partial charge in [-0.1, -0.05) is 33.8 Å². The van der Waals surface area contributed by atoms with E-state index < -0.39 is 31.6 Å². The summed E-state index contributed by atoms with van der Waals surface area (Å²) >= 11 is 0. The average molecular weight is 695 g/mol. The number of sulfonamides is 2. The summed E-state index contributed by atoms with van der Waals surface area (Å²) in [7, 11) is -7.85. The van der Waals surface area contributed by atoms with Gasteiger partial charge in [-0.15, -0.1) is 0 Å². The number of benzene rings is 3. The summed E-state index contributed by atoms with van der Waals surface area (Å²) in [5.74, 6) is -0.853. The Bertz CT molecular complexity index is 2070. The first kappa shape index (κ1) is 35.6. The zero-order valence-corrected chi connectivity index (χ0v) is 29.4. The number of ketones is 2. The first-order valence-electron chi connectivity index (χ1n) is 16.4. The molecule has 0 fully saturated rings. The maximum Gasteiger partial charge on any atom is 0.242 e. The number of hydrogen-bond donors (Lipinski definition) is 2. The minimum Gasteiger partial charge on any atom is -0.304 e. The summed E-state index contributed by atoms with van der Waals surface area (Å²) < 4.78 is 58.0. The fraction of sp³-hybridized carbons (Fsp3) is 0.412. The summed E-state index contributed by atoms with van der Waals surface area (Å²) in [5.41, 5.74) is 0.882. The lowest BCUT2D eigenvalue weighted by molar-refractivity contribution is 0.102. The topological polar surface area (TPSA) is 158 Å². The number of rotatable bonds is 16. The molecule has 12 nitrogen and oxygen atoms in total. The lowest BCUT2D eigenvalue weighted by Gasteiger charge is -2.19. The molecule has 0 amide bonds. The van der Waals surface area contributed by atoms with E-state index >= 15 is 0 Å². The second kappa shape index (κ2) is 14.8. The van der Waals surface area contributed by atoms with Gasteiger partial charge in [0.25, 0.3) is 0 Å². The maximum atomic E-state index is 13.7. The second-order valence-electron chi connectivity index (χ2n) is 11.7. The van der Waals surface area contributed by atoms with Crippen LogP contribution in [0.1, 0.15) is 72.4 Å². The van der Waals surface area contributed by atoms with Crippen LogP contribution in [0.15, 0.2) is 68.3 Å². The molecule has 0 radical (unpaired) electrons. The van der Waals surface area contributed by atoms with Crippen molar-refractivity contribution in [3.05, 3.63) is 81.5 Å². The number of para-hydroxylation sites is 1. The number of hydrogen-bond acceptors (Lipinski definition) is 10. The molecule has 2 aliphatic rings. The highest BCUT2D eigenvalue weighted by molar-refractivity contribution is 7.89. The highest BCUT2D eigenvalue weighted by Gasteiger charge is 2.30. The molecular formula is C34H42N6O6S2. The molecule has 2 N–H and O–H groups in total.